The molecule has 3 heteroatoms. The number of carbonyl (C=O) groups excluding carboxylic acids is 2. The average molecular weight is 140 g/mol. The molecule has 0 fully saturated rings. The first-order chi connectivity index (χ1) is 2.00. The van der Waals surface area contributed by atoms with E-state index in [-0.39, 0.29) is 32.2 Å². The van der Waals surface area contributed by atoms with Crippen molar-refractivity contribution in [3.05, 3.63) is 14.9 Å². The van der Waals surface area contributed by atoms with Crippen molar-refractivity contribution in [2.75, 3.05) is 0 Å². The summed E-state index contributed by atoms with van der Waals surface area (Å²) in [4.78, 5) is 15.5. The predicted octanol–water partition coefficient (Wildman–Crippen LogP) is 0.350. The summed E-state index contributed by atoms with van der Waals surface area (Å²) in [5.41, 5.74) is 0. The molecule has 0 aromatic carbocycles. The van der Waals surface area contributed by atoms with Crippen molar-refractivity contribution in [3.63, 3.8) is 0 Å². The van der Waals surface area contributed by atoms with E-state index < -0.39 is 0 Å². The third kappa shape index (κ3) is 5410. The van der Waals surface area contributed by atoms with Gasteiger partial charge in [-0.25, -0.2) is 0 Å². The normalized spacial score (nSPS) is 1.14. The van der Waals surface area contributed by atoms with Gasteiger partial charge in [0.1, 0.15) is 0 Å². The van der Waals surface area contributed by atoms with Gasteiger partial charge in [-0.3, -0.25) is 13.6 Å². The van der Waals surface area contributed by atoms with E-state index in [4.69, 9.17) is 9.59 Å². The first-order valence-corrected chi connectivity index (χ1v) is 0.471. The molecule has 0 aromatic heterocycles. The summed E-state index contributed by atoms with van der Waals surface area (Å²) in [6, 6.07) is 0. The maximum absolute atomic E-state index is 7.75. The Bertz CT molecular complexity index is 11.7. The Balaban J connectivity index is -0.00000000267. The standard InChI is InChI=1S/2CHO.2CH3.Cr/c2*1-2;;;/h2*1H;2*1H3;/q4*-1;+4. The van der Waals surface area contributed by atoms with Gasteiger partial charge >= 0.3 is 17.4 Å². The van der Waals surface area contributed by atoms with Crippen LogP contribution in [0.15, 0.2) is 0 Å². The van der Waals surface area contributed by atoms with Crippen molar-refractivity contribution in [1.82, 2.24) is 0 Å². The minimum absolute atomic E-state index is 0. The summed E-state index contributed by atoms with van der Waals surface area (Å²) < 4.78 is 0. The Morgan fingerprint density at radius 3 is 0.714 bits per heavy atom. The molecule has 0 aliphatic rings. The SMILES string of the molecule is [CH-]=O.[CH-]=O.[CH3-].[CH3-].[Cr+4]. The van der Waals surface area contributed by atoms with Gasteiger partial charge in [0.2, 0.25) is 0 Å². The second-order valence-corrected chi connectivity index (χ2v) is 0. The molecule has 0 radical (unpaired) electrons. The zero-order valence-corrected chi connectivity index (χ0v) is 5.65. The van der Waals surface area contributed by atoms with Gasteiger partial charge in [-0.05, 0) is 0 Å². The Hall–Kier alpha value is -0.128. The maximum Gasteiger partial charge on any atom is 4.00 e. The van der Waals surface area contributed by atoms with Gasteiger partial charge in [0.25, 0.3) is 0 Å². The first kappa shape index (κ1) is 67.6. The molecule has 0 atom stereocenters. The van der Waals surface area contributed by atoms with Crippen molar-refractivity contribution >= 4 is 13.6 Å². The van der Waals surface area contributed by atoms with E-state index in [1.54, 1.807) is 0 Å². The average Bonchev–Trinajstić information content (AvgIpc) is 1.50. The van der Waals surface area contributed by atoms with E-state index in [0.29, 0.717) is 0 Å². The molecular formula is C4H8CrO2. The van der Waals surface area contributed by atoms with Crippen LogP contribution in [0.1, 0.15) is 0 Å². The van der Waals surface area contributed by atoms with Crippen molar-refractivity contribution in [1.29, 1.82) is 0 Å². The van der Waals surface area contributed by atoms with Crippen molar-refractivity contribution < 1.29 is 27.0 Å². The van der Waals surface area contributed by atoms with Crippen LogP contribution in [-0.4, -0.2) is 13.6 Å². The van der Waals surface area contributed by atoms with Gasteiger partial charge < -0.3 is 24.4 Å². The largest absolute Gasteiger partial charge is 4.00 e. The molecule has 0 saturated heterocycles. The van der Waals surface area contributed by atoms with Gasteiger partial charge in [0.05, 0.1) is 0 Å². The second kappa shape index (κ2) is 8570. The molecule has 42 valence electrons. The third-order valence-electron chi connectivity index (χ3n) is 0. The van der Waals surface area contributed by atoms with Crippen LogP contribution in [0.3, 0.4) is 0 Å². The van der Waals surface area contributed by atoms with Gasteiger partial charge in [-0.1, -0.05) is 0 Å². The number of hydrogen-bond acceptors (Lipinski definition) is 2. The Morgan fingerprint density at radius 2 is 0.714 bits per heavy atom. The Kier molecular flexibility index (Phi) is 82800. The molecule has 0 heterocycles. The van der Waals surface area contributed by atoms with Crippen LogP contribution in [0.2, 0.25) is 0 Å². The van der Waals surface area contributed by atoms with E-state index in [0.717, 1.165) is 0 Å². The van der Waals surface area contributed by atoms with Crippen LogP contribution in [0, 0.1) is 14.9 Å². The van der Waals surface area contributed by atoms with Crippen molar-refractivity contribution in [3.8, 4) is 0 Å². The molecule has 7 heavy (non-hydrogen) atoms. The molecule has 0 bridgehead atoms. The summed E-state index contributed by atoms with van der Waals surface area (Å²) >= 11 is 0. The second-order valence-electron chi connectivity index (χ2n) is 0. The Labute approximate surface area is 56.0 Å². The fraction of sp³-hybridized carbons (Fsp3) is 0. The van der Waals surface area contributed by atoms with Gasteiger partial charge in [0.15, 0.2) is 0 Å². The van der Waals surface area contributed by atoms with Crippen LogP contribution in [-0.2, 0) is 27.0 Å². The zero-order chi connectivity index (χ0) is 4.00. The molecule has 0 amide bonds. The summed E-state index contributed by atoms with van der Waals surface area (Å²) in [7, 11) is 0. The van der Waals surface area contributed by atoms with E-state index in [1.807, 2.05) is 0 Å². The quantitative estimate of drug-likeness (QED) is 0.359. The smallest absolute Gasteiger partial charge is 0.545 e. The van der Waals surface area contributed by atoms with Crippen LogP contribution in [0.4, 0.5) is 0 Å². The zero-order valence-electron chi connectivity index (χ0n) is 4.38. The fourth-order valence-corrected chi connectivity index (χ4v) is 0. The molecule has 0 N–H and O–H groups in total. The first-order valence-electron chi connectivity index (χ1n) is 0.471. The maximum atomic E-state index is 7.75. The van der Waals surface area contributed by atoms with E-state index >= 15 is 0 Å². The van der Waals surface area contributed by atoms with Gasteiger partial charge in [-0.15, -0.1) is 0 Å². The van der Waals surface area contributed by atoms with Crippen LogP contribution < -0.4 is 0 Å². The molecule has 0 spiro atoms. The fourth-order valence-electron chi connectivity index (χ4n) is 0. The van der Waals surface area contributed by atoms with Crippen molar-refractivity contribution in [2.45, 2.75) is 0 Å². The Morgan fingerprint density at radius 1 is 0.714 bits per heavy atom. The molecule has 0 aliphatic heterocycles. The molecule has 0 saturated carbocycles. The summed E-state index contributed by atoms with van der Waals surface area (Å²) in [6.45, 7) is 6.50. The molecule has 0 aliphatic carbocycles. The molecular weight excluding hydrogens is 132 g/mol. The van der Waals surface area contributed by atoms with Crippen molar-refractivity contribution in [2.24, 2.45) is 0 Å². The predicted molar refractivity (Wildman–Crippen MR) is 26.3 cm³/mol. The van der Waals surface area contributed by atoms with Crippen LogP contribution >= 0.6 is 0 Å². The number of hydrogen-bond donors (Lipinski definition) is 0. The van der Waals surface area contributed by atoms with E-state index in [2.05, 4.69) is 13.6 Å². The van der Waals surface area contributed by atoms with Crippen LogP contribution in [0.25, 0.3) is 0 Å². The topological polar surface area (TPSA) is 34.1 Å². The molecule has 0 unspecified atom stereocenters. The van der Waals surface area contributed by atoms with Gasteiger partial charge in [-0.2, -0.15) is 0 Å². The molecule has 0 rings (SSSR count). The van der Waals surface area contributed by atoms with Gasteiger partial charge in [0, 0.05) is 0 Å². The number of rotatable bonds is 0. The molecule has 0 aromatic rings. The van der Waals surface area contributed by atoms with E-state index in [9.17, 15) is 0 Å². The summed E-state index contributed by atoms with van der Waals surface area (Å²) in [5.74, 6) is 0. The minimum Gasteiger partial charge on any atom is -0.545 e. The summed E-state index contributed by atoms with van der Waals surface area (Å²) in [6.07, 6.45) is 0. The minimum atomic E-state index is 0. The third-order valence-corrected chi connectivity index (χ3v) is 0. The molecule has 2 nitrogen and oxygen atoms in total. The summed E-state index contributed by atoms with van der Waals surface area (Å²) in [5, 5.41) is 0. The van der Waals surface area contributed by atoms with Crippen LogP contribution in [0.5, 0.6) is 0 Å². The van der Waals surface area contributed by atoms with E-state index in [1.165, 1.54) is 0 Å². The monoisotopic (exact) mass is 140 g/mol.